The number of rotatable bonds is 3. The highest BCUT2D eigenvalue weighted by Crippen LogP contribution is 2.35. The van der Waals surface area contributed by atoms with Crippen molar-refractivity contribution in [1.82, 2.24) is 14.8 Å². The van der Waals surface area contributed by atoms with Gasteiger partial charge in [0.1, 0.15) is 5.25 Å². The van der Waals surface area contributed by atoms with Gasteiger partial charge in [0.05, 0.1) is 0 Å². The molecule has 0 amide bonds. The van der Waals surface area contributed by atoms with Gasteiger partial charge in [0.25, 0.3) is 0 Å². The van der Waals surface area contributed by atoms with Crippen molar-refractivity contribution in [3.63, 3.8) is 0 Å². The van der Waals surface area contributed by atoms with Gasteiger partial charge >= 0.3 is 11.9 Å². The lowest BCUT2D eigenvalue weighted by molar-refractivity contribution is -0.131. The molecule has 0 aliphatic carbocycles. The maximum atomic E-state index is 12.6. The molecule has 1 aromatic heterocycles. The molecule has 1 heterocycles. The third-order valence-electron chi connectivity index (χ3n) is 1.87. The van der Waals surface area contributed by atoms with Crippen molar-refractivity contribution in [3.8, 4) is 0 Å². The molecule has 1 aromatic rings. The van der Waals surface area contributed by atoms with Crippen LogP contribution >= 0.6 is 11.8 Å². The average molecular weight is 256 g/mol. The third-order valence-corrected chi connectivity index (χ3v) is 3.40. The zero-order chi connectivity index (χ0) is 12.5. The lowest BCUT2D eigenvalue weighted by Gasteiger charge is -2.22. The van der Waals surface area contributed by atoms with Crippen LogP contribution in [0.5, 0.6) is 0 Å². The summed E-state index contributed by atoms with van der Waals surface area (Å²) in [5, 5.41) is 3.72. The number of nitrogens with zero attached hydrogens (tertiary/aromatic N) is 2. The molecule has 0 saturated heterocycles. The lowest BCUT2D eigenvalue weighted by Crippen LogP contribution is -2.40. The van der Waals surface area contributed by atoms with Crippen LogP contribution in [0.1, 0.15) is 6.92 Å². The maximum absolute atomic E-state index is 12.6. The van der Waals surface area contributed by atoms with Crippen LogP contribution < -0.4 is 11.4 Å². The molecule has 92 valence electrons. The first-order chi connectivity index (χ1) is 7.23. The van der Waals surface area contributed by atoms with Crippen molar-refractivity contribution in [3.05, 3.63) is 10.5 Å². The topological polar surface area (TPSA) is 76.7 Å². The molecule has 9 heteroatoms. The van der Waals surface area contributed by atoms with Crippen LogP contribution in [0.3, 0.4) is 0 Å². The number of nitrogens with one attached hydrogen (secondary N) is 1. The Balaban J connectivity index is 2.93. The summed E-state index contributed by atoms with van der Waals surface area (Å²) < 4.78 is 38.7. The second kappa shape index (κ2) is 4.50. The first-order valence-electron chi connectivity index (χ1n) is 4.34. The van der Waals surface area contributed by atoms with Crippen LogP contribution in [0.25, 0.3) is 0 Å². The van der Waals surface area contributed by atoms with E-state index in [1.165, 1.54) is 14.0 Å². The van der Waals surface area contributed by atoms with Gasteiger partial charge in [-0.3, -0.25) is 4.57 Å². The Morgan fingerprint density at radius 3 is 2.44 bits per heavy atom. The minimum Gasteiger partial charge on any atom is -0.327 e. The summed E-state index contributed by atoms with van der Waals surface area (Å²) in [6, 6.07) is -1.09. The van der Waals surface area contributed by atoms with Gasteiger partial charge in [-0.05, 0) is 6.92 Å². The summed E-state index contributed by atoms with van der Waals surface area (Å²) in [6.45, 7) is 1.26. The Hall–Kier alpha value is -0.960. The SMILES string of the molecule is CC(N)C(Sc1n[nH]c(=O)n1C)C(F)(F)F. The van der Waals surface area contributed by atoms with Crippen LogP contribution in [0.2, 0.25) is 0 Å². The van der Waals surface area contributed by atoms with Crippen molar-refractivity contribution in [2.75, 3.05) is 0 Å². The molecule has 0 bridgehead atoms. The molecule has 2 unspecified atom stereocenters. The van der Waals surface area contributed by atoms with E-state index in [1.54, 1.807) is 0 Å². The number of aromatic nitrogens is 3. The van der Waals surface area contributed by atoms with Gasteiger partial charge < -0.3 is 5.73 Å². The molecule has 0 saturated carbocycles. The summed E-state index contributed by atoms with van der Waals surface area (Å²) in [4.78, 5) is 11.0. The lowest BCUT2D eigenvalue weighted by atomic mass is 10.2. The fraction of sp³-hybridized carbons (Fsp3) is 0.714. The molecule has 0 spiro atoms. The number of H-pyrrole nitrogens is 1. The molecule has 2 atom stereocenters. The second-order valence-electron chi connectivity index (χ2n) is 3.31. The highest BCUT2D eigenvalue weighted by Gasteiger charge is 2.43. The standard InChI is InChI=1S/C7H11F3N4OS/c1-3(11)4(7(8,9)10)16-6-13-12-5(15)14(6)2/h3-4H,11H2,1-2H3,(H,12,15). The molecule has 1 rings (SSSR count). The van der Waals surface area contributed by atoms with Gasteiger partial charge in [-0.2, -0.15) is 13.2 Å². The maximum Gasteiger partial charge on any atom is 0.402 e. The Morgan fingerprint density at radius 1 is 1.56 bits per heavy atom. The van der Waals surface area contributed by atoms with E-state index in [-0.39, 0.29) is 5.16 Å². The van der Waals surface area contributed by atoms with Crippen molar-refractivity contribution in [2.45, 2.75) is 29.5 Å². The van der Waals surface area contributed by atoms with E-state index in [2.05, 4.69) is 10.2 Å². The average Bonchev–Trinajstić information content (AvgIpc) is 2.42. The highest BCUT2D eigenvalue weighted by molar-refractivity contribution is 7.99. The van der Waals surface area contributed by atoms with E-state index in [9.17, 15) is 18.0 Å². The predicted octanol–water partition coefficient (Wildman–Crippen LogP) is 0.479. The Bertz CT molecular complexity index is 410. The summed E-state index contributed by atoms with van der Waals surface area (Å²) in [6.07, 6.45) is -4.44. The van der Waals surface area contributed by atoms with Crippen molar-refractivity contribution >= 4 is 11.8 Å². The molecule has 0 fully saturated rings. The molecule has 0 aromatic carbocycles. The molecule has 0 aliphatic rings. The molecule has 0 aliphatic heterocycles. The quantitative estimate of drug-likeness (QED) is 0.771. The van der Waals surface area contributed by atoms with Crippen molar-refractivity contribution in [2.24, 2.45) is 12.8 Å². The first kappa shape index (κ1) is 13.1. The number of aromatic amines is 1. The van der Waals surface area contributed by atoms with Crippen LogP contribution in [0.15, 0.2) is 9.95 Å². The molecule has 16 heavy (non-hydrogen) atoms. The Kier molecular flexibility index (Phi) is 3.68. The van der Waals surface area contributed by atoms with E-state index in [1.807, 2.05) is 0 Å². The minimum absolute atomic E-state index is 0.0374. The van der Waals surface area contributed by atoms with Gasteiger partial charge in [-0.25, -0.2) is 9.89 Å². The van der Waals surface area contributed by atoms with E-state index < -0.39 is 23.2 Å². The molecular formula is C7H11F3N4OS. The highest BCUT2D eigenvalue weighted by atomic mass is 32.2. The fourth-order valence-electron chi connectivity index (χ4n) is 1.02. The van der Waals surface area contributed by atoms with Gasteiger partial charge in [-0.15, -0.1) is 5.10 Å². The van der Waals surface area contributed by atoms with E-state index in [0.717, 1.165) is 4.57 Å². The van der Waals surface area contributed by atoms with Crippen LogP contribution in [0, 0.1) is 0 Å². The van der Waals surface area contributed by atoms with Crippen LogP contribution in [-0.4, -0.2) is 32.2 Å². The van der Waals surface area contributed by atoms with Gasteiger partial charge in [-0.1, -0.05) is 11.8 Å². The molecule has 3 N–H and O–H groups in total. The first-order valence-corrected chi connectivity index (χ1v) is 5.21. The summed E-state index contributed by atoms with van der Waals surface area (Å²) in [7, 11) is 1.34. The smallest absolute Gasteiger partial charge is 0.327 e. The van der Waals surface area contributed by atoms with Crippen LogP contribution in [-0.2, 0) is 7.05 Å². The molecular weight excluding hydrogens is 245 g/mol. The number of hydrogen-bond acceptors (Lipinski definition) is 4. The van der Waals surface area contributed by atoms with Gasteiger partial charge in [0.15, 0.2) is 5.16 Å². The second-order valence-corrected chi connectivity index (χ2v) is 4.42. The molecule has 0 radical (unpaired) electrons. The number of thioether (sulfide) groups is 1. The number of nitrogens with two attached hydrogens (primary N) is 1. The van der Waals surface area contributed by atoms with E-state index in [0.29, 0.717) is 11.8 Å². The van der Waals surface area contributed by atoms with Crippen LogP contribution in [0.4, 0.5) is 13.2 Å². The van der Waals surface area contributed by atoms with Gasteiger partial charge in [0.2, 0.25) is 0 Å². The predicted molar refractivity (Wildman–Crippen MR) is 53.2 cm³/mol. The Morgan fingerprint density at radius 2 is 2.12 bits per heavy atom. The van der Waals surface area contributed by atoms with E-state index in [4.69, 9.17) is 5.73 Å². The fourth-order valence-corrected chi connectivity index (χ4v) is 1.94. The number of alkyl halides is 3. The molecule has 5 nitrogen and oxygen atoms in total. The summed E-state index contributed by atoms with van der Waals surface area (Å²) in [5.41, 5.74) is 4.70. The largest absolute Gasteiger partial charge is 0.402 e. The van der Waals surface area contributed by atoms with Crippen molar-refractivity contribution < 1.29 is 13.2 Å². The normalized spacial score (nSPS) is 16.1. The summed E-state index contributed by atoms with van der Waals surface area (Å²) >= 11 is 0.422. The zero-order valence-electron chi connectivity index (χ0n) is 8.58. The number of hydrogen-bond donors (Lipinski definition) is 2. The minimum atomic E-state index is -4.44. The number of halogens is 3. The van der Waals surface area contributed by atoms with Crippen molar-refractivity contribution in [1.29, 1.82) is 0 Å². The summed E-state index contributed by atoms with van der Waals surface area (Å²) in [5.74, 6) is 0. The zero-order valence-corrected chi connectivity index (χ0v) is 9.39. The van der Waals surface area contributed by atoms with Gasteiger partial charge in [0, 0.05) is 13.1 Å². The third kappa shape index (κ3) is 2.79. The Labute approximate surface area is 93.2 Å². The van der Waals surface area contributed by atoms with E-state index >= 15 is 0 Å². The monoisotopic (exact) mass is 256 g/mol.